The van der Waals surface area contributed by atoms with Crippen LogP contribution in [0.25, 0.3) is 0 Å². The molecule has 5 fully saturated rings. The first-order valence-corrected chi connectivity index (χ1v) is 10.7. The molecule has 4 nitrogen and oxygen atoms in total. The second kappa shape index (κ2) is 6.35. The van der Waals surface area contributed by atoms with Gasteiger partial charge >= 0.3 is 0 Å². The van der Waals surface area contributed by atoms with Crippen molar-refractivity contribution in [2.75, 3.05) is 11.9 Å². The SMILES string of the molecule is Cc1ccccc1NC(=O)[C@@H]1CCCN1C(=O)C12CC3CC(CC(C3)C1)C2. The van der Waals surface area contributed by atoms with Gasteiger partial charge < -0.3 is 10.2 Å². The van der Waals surface area contributed by atoms with Crippen molar-refractivity contribution in [1.29, 1.82) is 0 Å². The van der Waals surface area contributed by atoms with Crippen molar-refractivity contribution in [1.82, 2.24) is 4.90 Å². The number of nitrogens with one attached hydrogen (secondary N) is 1. The van der Waals surface area contributed by atoms with Gasteiger partial charge in [0.05, 0.1) is 5.41 Å². The van der Waals surface area contributed by atoms with Crippen molar-refractivity contribution in [2.24, 2.45) is 23.2 Å². The van der Waals surface area contributed by atoms with E-state index in [4.69, 9.17) is 0 Å². The van der Waals surface area contributed by atoms with E-state index in [1.807, 2.05) is 36.1 Å². The Kier molecular flexibility index (Phi) is 4.06. The lowest BCUT2D eigenvalue weighted by atomic mass is 9.49. The molecule has 0 radical (unpaired) electrons. The number of hydrogen-bond donors (Lipinski definition) is 1. The van der Waals surface area contributed by atoms with Crippen LogP contribution in [0.15, 0.2) is 24.3 Å². The average molecular weight is 367 g/mol. The molecule has 4 saturated carbocycles. The van der Waals surface area contributed by atoms with E-state index in [1.165, 1.54) is 19.3 Å². The monoisotopic (exact) mass is 366 g/mol. The highest BCUT2D eigenvalue weighted by Gasteiger charge is 2.56. The van der Waals surface area contributed by atoms with E-state index < -0.39 is 0 Å². The van der Waals surface area contributed by atoms with Gasteiger partial charge in [0, 0.05) is 12.2 Å². The summed E-state index contributed by atoms with van der Waals surface area (Å²) in [6.07, 6.45) is 8.94. The fourth-order valence-electron chi connectivity index (χ4n) is 6.89. The highest BCUT2D eigenvalue weighted by Crippen LogP contribution is 2.60. The van der Waals surface area contributed by atoms with Crippen LogP contribution < -0.4 is 5.32 Å². The first kappa shape index (κ1) is 17.3. The molecular formula is C23H30N2O2. The van der Waals surface area contributed by atoms with Crippen molar-refractivity contribution in [3.05, 3.63) is 29.8 Å². The van der Waals surface area contributed by atoms with Crippen molar-refractivity contribution in [2.45, 2.75) is 64.3 Å². The number of amides is 2. The fraction of sp³-hybridized carbons (Fsp3) is 0.652. The predicted octanol–water partition coefficient (Wildman–Crippen LogP) is 4.14. The van der Waals surface area contributed by atoms with Crippen molar-refractivity contribution >= 4 is 17.5 Å². The summed E-state index contributed by atoms with van der Waals surface area (Å²) in [4.78, 5) is 28.6. The minimum atomic E-state index is -0.301. The Hall–Kier alpha value is -1.84. The summed E-state index contributed by atoms with van der Waals surface area (Å²) in [6.45, 7) is 2.75. The second-order valence-corrected chi connectivity index (χ2v) is 9.66. The zero-order chi connectivity index (χ0) is 18.6. The third-order valence-electron chi connectivity index (χ3n) is 7.71. The van der Waals surface area contributed by atoms with Gasteiger partial charge in [-0.3, -0.25) is 9.59 Å². The first-order valence-electron chi connectivity index (χ1n) is 10.7. The van der Waals surface area contributed by atoms with Crippen LogP contribution in [0.3, 0.4) is 0 Å². The van der Waals surface area contributed by atoms with E-state index in [0.29, 0.717) is 5.91 Å². The molecule has 1 aromatic rings. The molecule has 0 spiro atoms. The first-order chi connectivity index (χ1) is 13.0. The standard InChI is InChI=1S/C23H30N2O2/c1-15-5-2-3-6-19(15)24-21(26)20-7-4-8-25(20)22(27)23-12-16-9-17(13-23)11-18(10-16)14-23/h2-3,5-6,16-18,20H,4,7-14H2,1H3,(H,24,26)/t16?,17?,18?,20-,23?/m0/s1. The van der Waals surface area contributed by atoms with Gasteiger partial charge in [-0.25, -0.2) is 0 Å². The summed E-state index contributed by atoms with van der Waals surface area (Å²) in [7, 11) is 0. The molecule has 4 aliphatic carbocycles. The topological polar surface area (TPSA) is 49.4 Å². The van der Waals surface area contributed by atoms with Gasteiger partial charge in [0.25, 0.3) is 0 Å². The van der Waals surface area contributed by atoms with Gasteiger partial charge in [-0.15, -0.1) is 0 Å². The molecule has 5 aliphatic rings. The van der Waals surface area contributed by atoms with Gasteiger partial charge in [0.2, 0.25) is 11.8 Å². The number of likely N-dealkylation sites (tertiary alicyclic amines) is 1. The molecule has 0 unspecified atom stereocenters. The number of benzene rings is 1. The van der Waals surface area contributed by atoms with E-state index in [-0.39, 0.29) is 17.4 Å². The molecular weight excluding hydrogens is 336 g/mol. The molecule has 27 heavy (non-hydrogen) atoms. The summed E-state index contributed by atoms with van der Waals surface area (Å²) >= 11 is 0. The van der Waals surface area contributed by atoms with Crippen LogP contribution in [-0.2, 0) is 9.59 Å². The molecule has 144 valence electrons. The molecule has 1 atom stereocenters. The summed E-state index contributed by atoms with van der Waals surface area (Å²) in [5.41, 5.74) is 1.76. The predicted molar refractivity (Wildman–Crippen MR) is 105 cm³/mol. The van der Waals surface area contributed by atoms with E-state index >= 15 is 0 Å². The highest BCUT2D eigenvalue weighted by atomic mass is 16.2. The highest BCUT2D eigenvalue weighted by molar-refractivity contribution is 5.98. The van der Waals surface area contributed by atoms with Crippen molar-refractivity contribution in [3.8, 4) is 0 Å². The normalized spacial score (nSPS) is 36.9. The van der Waals surface area contributed by atoms with Crippen LogP contribution in [0.1, 0.15) is 56.9 Å². The average Bonchev–Trinajstić information content (AvgIpc) is 3.11. The zero-order valence-electron chi connectivity index (χ0n) is 16.2. The molecule has 1 aromatic carbocycles. The minimum Gasteiger partial charge on any atom is -0.330 e. The van der Waals surface area contributed by atoms with Crippen LogP contribution in [-0.4, -0.2) is 29.3 Å². The maximum absolute atomic E-state index is 13.7. The largest absolute Gasteiger partial charge is 0.330 e. The Bertz CT molecular complexity index is 736. The maximum Gasteiger partial charge on any atom is 0.247 e. The number of carbonyl (C=O) groups is 2. The smallest absolute Gasteiger partial charge is 0.247 e. The molecule has 4 bridgehead atoms. The Morgan fingerprint density at radius 1 is 1.04 bits per heavy atom. The number of rotatable bonds is 3. The quantitative estimate of drug-likeness (QED) is 0.874. The van der Waals surface area contributed by atoms with Gasteiger partial charge in [0.1, 0.15) is 6.04 Å². The number of hydrogen-bond acceptors (Lipinski definition) is 2. The van der Waals surface area contributed by atoms with Crippen LogP contribution in [0.5, 0.6) is 0 Å². The Balaban J connectivity index is 1.34. The van der Waals surface area contributed by atoms with Gasteiger partial charge in [-0.2, -0.15) is 0 Å². The summed E-state index contributed by atoms with van der Waals surface area (Å²) < 4.78 is 0. The number of carbonyl (C=O) groups excluding carboxylic acids is 2. The molecule has 6 rings (SSSR count). The van der Waals surface area contributed by atoms with Crippen molar-refractivity contribution in [3.63, 3.8) is 0 Å². The number of anilines is 1. The lowest BCUT2D eigenvalue weighted by molar-refractivity contribution is -0.160. The Morgan fingerprint density at radius 3 is 2.30 bits per heavy atom. The number of nitrogens with zero attached hydrogens (tertiary/aromatic N) is 1. The van der Waals surface area contributed by atoms with E-state index in [2.05, 4.69) is 5.32 Å². The summed E-state index contributed by atoms with van der Waals surface area (Å²) in [6, 6.07) is 7.56. The van der Waals surface area contributed by atoms with E-state index in [9.17, 15) is 9.59 Å². The van der Waals surface area contributed by atoms with Gasteiger partial charge in [-0.05, 0) is 87.7 Å². The van der Waals surface area contributed by atoms with Crippen LogP contribution in [0.4, 0.5) is 5.69 Å². The molecule has 2 amide bonds. The van der Waals surface area contributed by atoms with Gasteiger partial charge in [0.15, 0.2) is 0 Å². The van der Waals surface area contributed by atoms with Crippen molar-refractivity contribution < 1.29 is 9.59 Å². The third-order valence-corrected chi connectivity index (χ3v) is 7.71. The molecule has 0 aromatic heterocycles. The van der Waals surface area contributed by atoms with Crippen LogP contribution in [0, 0.1) is 30.1 Å². The minimum absolute atomic E-state index is 0.0140. The molecule has 4 heteroatoms. The van der Waals surface area contributed by atoms with Crippen LogP contribution in [0.2, 0.25) is 0 Å². The summed E-state index contributed by atoms with van der Waals surface area (Å²) in [5.74, 6) is 2.54. The Labute approximate surface area is 161 Å². The molecule has 1 heterocycles. The third kappa shape index (κ3) is 2.88. The van der Waals surface area contributed by atoms with Gasteiger partial charge in [-0.1, -0.05) is 18.2 Å². The fourth-order valence-corrected chi connectivity index (χ4v) is 6.89. The number of aryl methyl sites for hydroxylation is 1. The lowest BCUT2D eigenvalue weighted by Crippen LogP contribution is -2.56. The number of para-hydroxylation sites is 1. The molecule has 1 aliphatic heterocycles. The lowest BCUT2D eigenvalue weighted by Gasteiger charge is -2.56. The molecule has 1 saturated heterocycles. The van der Waals surface area contributed by atoms with E-state index in [1.54, 1.807) is 0 Å². The van der Waals surface area contributed by atoms with E-state index in [0.717, 1.165) is 67.7 Å². The Morgan fingerprint density at radius 2 is 1.67 bits per heavy atom. The second-order valence-electron chi connectivity index (χ2n) is 9.66. The summed E-state index contributed by atoms with van der Waals surface area (Å²) in [5, 5.41) is 3.08. The molecule has 1 N–H and O–H groups in total. The maximum atomic E-state index is 13.7. The van der Waals surface area contributed by atoms with Crippen LogP contribution >= 0.6 is 0 Å². The zero-order valence-corrected chi connectivity index (χ0v) is 16.2.